The SMILES string of the molecule is CSc1ccc(NC(=O)CNC(=O)c2cc(C)cc(C)c2)cc1. The molecule has 2 amide bonds. The van der Waals surface area contributed by atoms with Gasteiger partial charge in [-0.15, -0.1) is 11.8 Å². The van der Waals surface area contributed by atoms with Crippen molar-refractivity contribution < 1.29 is 9.59 Å². The van der Waals surface area contributed by atoms with Crippen LogP contribution >= 0.6 is 11.8 Å². The van der Waals surface area contributed by atoms with Gasteiger partial charge < -0.3 is 10.6 Å². The van der Waals surface area contributed by atoms with Crippen LogP contribution < -0.4 is 10.6 Å². The Morgan fingerprint density at radius 2 is 1.61 bits per heavy atom. The van der Waals surface area contributed by atoms with Crippen LogP contribution in [0.15, 0.2) is 47.4 Å². The average molecular weight is 328 g/mol. The molecule has 5 heteroatoms. The predicted octanol–water partition coefficient (Wildman–Crippen LogP) is 3.39. The molecule has 0 saturated heterocycles. The average Bonchev–Trinajstić information content (AvgIpc) is 2.52. The van der Waals surface area contributed by atoms with Gasteiger partial charge in [-0.1, -0.05) is 17.2 Å². The van der Waals surface area contributed by atoms with Gasteiger partial charge in [0.15, 0.2) is 0 Å². The summed E-state index contributed by atoms with van der Waals surface area (Å²) in [5.74, 6) is -0.496. The number of carbonyl (C=O) groups is 2. The van der Waals surface area contributed by atoms with Crippen molar-refractivity contribution in [1.29, 1.82) is 0 Å². The molecule has 2 aromatic carbocycles. The maximum Gasteiger partial charge on any atom is 0.251 e. The van der Waals surface area contributed by atoms with Gasteiger partial charge in [0.2, 0.25) is 5.91 Å². The molecule has 2 rings (SSSR count). The van der Waals surface area contributed by atoms with Gasteiger partial charge in [0.05, 0.1) is 6.54 Å². The lowest BCUT2D eigenvalue weighted by molar-refractivity contribution is -0.115. The minimum absolute atomic E-state index is 0.0594. The fourth-order valence-corrected chi connectivity index (χ4v) is 2.66. The molecule has 0 aliphatic carbocycles. The summed E-state index contributed by atoms with van der Waals surface area (Å²) in [4.78, 5) is 25.1. The van der Waals surface area contributed by atoms with E-state index in [4.69, 9.17) is 0 Å². The van der Waals surface area contributed by atoms with Crippen molar-refractivity contribution in [2.75, 3.05) is 18.1 Å². The smallest absolute Gasteiger partial charge is 0.251 e. The van der Waals surface area contributed by atoms with Crippen molar-refractivity contribution in [3.05, 3.63) is 59.2 Å². The molecule has 0 radical (unpaired) electrons. The summed E-state index contributed by atoms with van der Waals surface area (Å²) in [5.41, 5.74) is 3.33. The number of rotatable bonds is 5. The van der Waals surface area contributed by atoms with Gasteiger partial charge in [-0.3, -0.25) is 9.59 Å². The summed E-state index contributed by atoms with van der Waals surface area (Å²) in [6.45, 7) is 3.82. The molecule has 0 atom stereocenters. The maximum absolute atomic E-state index is 12.1. The minimum Gasteiger partial charge on any atom is -0.343 e. The molecule has 0 aliphatic heterocycles. The first-order valence-electron chi connectivity index (χ1n) is 7.28. The number of aryl methyl sites for hydroxylation is 2. The Bertz CT molecular complexity index is 691. The van der Waals surface area contributed by atoms with Crippen molar-refractivity contribution in [2.45, 2.75) is 18.7 Å². The van der Waals surface area contributed by atoms with Crippen LogP contribution in [0, 0.1) is 13.8 Å². The number of hydrogen-bond acceptors (Lipinski definition) is 3. The molecular weight excluding hydrogens is 308 g/mol. The second-order valence-electron chi connectivity index (χ2n) is 5.34. The van der Waals surface area contributed by atoms with E-state index < -0.39 is 0 Å². The highest BCUT2D eigenvalue weighted by molar-refractivity contribution is 7.98. The van der Waals surface area contributed by atoms with Crippen LogP contribution in [0.1, 0.15) is 21.5 Å². The van der Waals surface area contributed by atoms with E-state index in [-0.39, 0.29) is 18.4 Å². The second kappa shape index (κ2) is 7.83. The van der Waals surface area contributed by atoms with Gasteiger partial charge in [-0.25, -0.2) is 0 Å². The topological polar surface area (TPSA) is 58.2 Å². The number of amides is 2. The maximum atomic E-state index is 12.1. The summed E-state index contributed by atoms with van der Waals surface area (Å²) in [5, 5.41) is 5.40. The molecule has 0 saturated carbocycles. The summed E-state index contributed by atoms with van der Waals surface area (Å²) in [6, 6.07) is 13.2. The standard InChI is InChI=1S/C18H20N2O2S/c1-12-8-13(2)10-14(9-12)18(22)19-11-17(21)20-15-4-6-16(23-3)7-5-15/h4-10H,11H2,1-3H3,(H,19,22)(H,20,21). The van der Waals surface area contributed by atoms with Crippen molar-refractivity contribution in [3.63, 3.8) is 0 Å². The molecule has 0 fully saturated rings. The van der Waals surface area contributed by atoms with Gasteiger partial charge in [0, 0.05) is 16.1 Å². The Morgan fingerprint density at radius 3 is 2.17 bits per heavy atom. The first-order valence-corrected chi connectivity index (χ1v) is 8.51. The third kappa shape index (κ3) is 5.14. The van der Waals surface area contributed by atoms with Crippen molar-refractivity contribution >= 4 is 29.3 Å². The van der Waals surface area contributed by atoms with Crippen LogP contribution in [0.2, 0.25) is 0 Å². The van der Waals surface area contributed by atoms with Gasteiger partial charge >= 0.3 is 0 Å². The fourth-order valence-electron chi connectivity index (χ4n) is 2.25. The van der Waals surface area contributed by atoms with Gasteiger partial charge in [-0.05, 0) is 56.5 Å². The van der Waals surface area contributed by atoms with Gasteiger partial charge in [0.25, 0.3) is 5.91 Å². The molecule has 23 heavy (non-hydrogen) atoms. The number of anilines is 1. The van der Waals surface area contributed by atoms with E-state index in [9.17, 15) is 9.59 Å². The van der Waals surface area contributed by atoms with Crippen molar-refractivity contribution in [1.82, 2.24) is 5.32 Å². The third-order valence-corrected chi connectivity index (χ3v) is 4.01. The molecule has 2 aromatic rings. The summed E-state index contributed by atoms with van der Waals surface area (Å²) >= 11 is 1.64. The quantitative estimate of drug-likeness (QED) is 0.827. The molecule has 120 valence electrons. The summed E-state index contributed by atoms with van der Waals surface area (Å²) in [7, 11) is 0. The Labute approximate surface area is 140 Å². The van der Waals surface area contributed by atoms with Gasteiger partial charge in [0.1, 0.15) is 0 Å². The lowest BCUT2D eigenvalue weighted by Crippen LogP contribution is -2.32. The second-order valence-corrected chi connectivity index (χ2v) is 6.22. The molecule has 0 bridgehead atoms. The lowest BCUT2D eigenvalue weighted by atomic mass is 10.1. The number of thioether (sulfide) groups is 1. The van der Waals surface area contributed by atoms with Crippen LogP contribution in [-0.4, -0.2) is 24.6 Å². The van der Waals surface area contributed by atoms with Crippen LogP contribution in [0.3, 0.4) is 0 Å². The van der Waals surface area contributed by atoms with E-state index in [1.165, 1.54) is 0 Å². The largest absolute Gasteiger partial charge is 0.343 e. The zero-order chi connectivity index (χ0) is 16.8. The normalized spacial score (nSPS) is 10.2. The Kier molecular flexibility index (Phi) is 5.82. The van der Waals surface area contributed by atoms with E-state index in [0.717, 1.165) is 16.0 Å². The van der Waals surface area contributed by atoms with E-state index in [1.807, 2.05) is 50.4 Å². The number of benzene rings is 2. The summed E-state index contributed by atoms with van der Waals surface area (Å²) < 4.78 is 0. The summed E-state index contributed by atoms with van der Waals surface area (Å²) in [6.07, 6.45) is 2.00. The molecule has 0 spiro atoms. The molecule has 4 nitrogen and oxygen atoms in total. The monoisotopic (exact) mass is 328 g/mol. The number of hydrogen-bond donors (Lipinski definition) is 2. The molecular formula is C18H20N2O2S. The molecule has 0 aromatic heterocycles. The molecule has 0 heterocycles. The Hall–Kier alpha value is -2.27. The number of carbonyl (C=O) groups excluding carboxylic acids is 2. The van der Waals surface area contributed by atoms with E-state index >= 15 is 0 Å². The van der Waals surface area contributed by atoms with Crippen molar-refractivity contribution in [3.8, 4) is 0 Å². The van der Waals surface area contributed by atoms with Crippen LogP contribution in [0.4, 0.5) is 5.69 Å². The zero-order valence-electron chi connectivity index (χ0n) is 13.5. The van der Waals surface area contributed by atoms with E-state index in [0.29, 0.717) is 11.3 Å². The third-order valence-electron chi connectivity index (χ3n) is 3.27. The van der Waals surface area contributed by atoms with E-state index in [1.54, 1.807) is 23.9 Å². The first kappa shape index (κ1) is 17.1. The Balaban J connectivity index is 1.89. The minimum atomic E-state index is -0.250. The highest BCUT2D eigenvalue weighted by Crippen LogP contribution is 2.17. The van der Waals surface area contributed by atoms with Gasteiger partial charge in [-0.2, -0.15) is 0 Å². The zero-order valence-corrected chi connectivity index (χ0v) is 14.3. The van der Waals surface area contributed by atoms with Crippen molar-refractivity contribution in [2.24, 2.45) is 0 Å². The lowest BCUT2D eigenvalue weighted by Gasteiger charge is -2.08. The number of nitrogens with one attached hydrogen (secondary N) is 2. The van der Waals surface area contributed by atoms with Crippen LogP contribution in [0.25, 0.3) is 0 Å². The molecule has 0 unspecified atom stereocenters. The molecule has 0 aliphatic rings. The highest BCUT2D eigenvalue weighted by atomic mass is 32.2. The molecule has 2 N–H and O–H groups in total. The highest BCUT2D eigenvalue weighted by Gasteiger charge is 2.09. The van der Waals surface area contributed by atoms with E-state index in [2.05, 4.69) is 10.6 Å². The Morgan fingerprint density at radius 1 is 1.00 bits per heavy atom. The van der Waals surface area contributed by atoms with Crippen LogP contribution in [0.5, 0.6) is 0 Å². The fraction of sp³-hybridized carbons (Fsp3) is 0.222. The van der Waals surface area contributed by atoms with Crippen LogP contribution in [-0.2, 0) is 4.79 Å². The first-order chi connectivity index (χ1) is 11.0. The predicted molar refractivity (Wildman–Crippen MR) is 95.1 cm³/mol.